The summed E-state index contributed by atoms with van der Waals surface area (Å²) >= 11 is 1.60. The average molecular weight is 322 g/mol. The van der Waals surface area contributed by atoms with Gasteiger partial charge in [0.15, 0.2) is 0 Å². The van der Waals surface area contributed by atoms with Crippen LogP contribution >= 0.6 is 11.8 Å². The molecule has 0 aliphatic heterocycles. The van der Waals surface area contributed by atoms with E-state index in [2.05, 4.69) is 4.72 Å². The normalized spacial score (nSPS) is 11.3. The quantitative estimate of drug-likeness (QED) is 0.654. The molecule has 2 aromatic carbocycles. The van der Waals surface area contributed by atoms with E-state index in [0.29, 0.717) is 11.4 Å². The third-order valence-corrected chi connectivity index (χ3v) is 5.27. The number of anilines is 2. The molecule has 0 atom stereocenters. The highest BCUT2D eigenvalue weighted by molar-refractivity contribution is 7.98. The van der Waals surface area contributed by atoms with Gasteiger partial charge in [0.2, 0.25) is 0 Å². The van der Waals surface area contributed by atoms with Gasteiger partial charge in [-0.3, -0.25) is 4.72 Å². The number of nitrogens with one attached hydrogen (secondary N) is 1. The van der Waals surface area contributed by atoms with Crippen LogP contribution in [0.25, 0.3) is 0 Å². The Labute approximate surface area is 129 Å². The van der Waals surface area contributed by atoms with Crippen LogP contribution in [-0.2, 0) is 16.4 Å². The molecule has 0 radical (unpaired) electrons. The van der Waals surface area contributed by atoms with E-state index < -0.39 is 10.0 Å². The van der Waals surface area contributed by atoms with Gasteiger partial charge < -0.3 is 5.73 Å². The Kier molecular flexibility index (Phi) is 4.80. The predicted octanol–water partition coefficient (Wildman–Crippen LogP) is 3.35. The van der Waals surface area contributed by atoms with Crippen LogP contribution in [-0.4, -0.2) is 14.7 Å². The third kappa shape index (κ3) is 3.71. The van der Waals surface area contributed by atoms with Crippen molar-refractivity contribution >= 4 is 33.2 Å². The molecule has 0 aromatic heterocycles. The fourth-order valence-electron chi connectivity index (χ4n) is 1.94. The lowest BCUT2D eigenvalue weighted by Gasteiger charge is -2.10. The maximum Gasteiger partial charge on any atom is 0.261 e. The minimum absolute atomic E-state index is 0.172. The van der Waals surface area contributed by atoms with E-state index in [4.69, 9.17) is 5.73 Å². The van der Waals surface area contributed by atoms with Crippen molar-refractivity contribution in [2.24, 2.45) is 0 Å². The summed E-state index contributed by atoms with van der Waals surface area (Å²) in [4.78, 5) is 1.25. The van der Waals surface area contributed by atoms with Crippen molar-refractivity contribution in [1.29, 1.82) is 0 Å². The van der Waals surface area contributed by atoms with Gasteiger partial charge in [-0.25, -0.2) is 8.42 Å². The van der Waals surface area contributed by atoms with E-state index in [-0.39, 0.29) is 4.90 Å². The van der Waals surface area contributed by atoms with Crippen molar-refractivity contribution in [1.82, 2.24) is 0 Å². The van der Waals surface area contributed by atoms with Gasteiger partial charge in [0.1, 0.15) is 0 Å². The molecule has 0 spiro atoms. The van der Waals surface area contributed by atoms with Crippen molar-refractivity contribution in [3.05, 3.63) is 48.0 Å². The van der Waals surface area contributed by atoms with Crippen LogP contribution in [0.2, 0.25) is 0 Å². The molecule has 0 saturated carbocycles. The van der Waals surface area contributed by atoms with Gasteiger partial charge in [0.05, 0.1) is 4.90 Å². The average Bonchev–Trinajstić information content (AvgIpc) is 2.47. The van der Waals surface area contributed by atoms with E-state index >= 15 is 0 Å². The Morgan fingerprint density at radius 3 is 2.33 bits per heavy atom. The number of hydrogen-bond donors (Lipinski definition) is 2. The topological polar surface area (TPSA) is 72.2 Å². The second-order valence-corrected chi connectivity index (χ2v) is 7.11. The van der Waals surface area contributed by atoms with Crippen LogP contribution in [0.1, 0.15) is 12.5 Å². The van der Waals surface area contributed by atoms with Crippen LogP contribution in [0, 0.1) is 0 Å². The first kappa shape index (κ1) is 15.7. The summed E-state index contributed by atoms with van der Waals surface area (Å²) in [6.45, 7) is 1.98. The number of rotatable bonds is 5. The number of nitrogens with two attached hydrogens (primary N) is 1. The molecule has 0 fully saturated rings. The van der Waals surface area contributed by atoms with Crippen LogP contribution in [0.15, 0.2) is 52.3 Å². The van der Waals surface area contributed by atoms with Crippen molar-refractivity contribution < 1.29 is 8.42 Å². The lowest BCUT2D eigenvalue weighted by Crippen LogP contribution is -2.13. The lowest BCUT2D eigenvalue weighted by atomic mass is 10.1. The van der Waals surface area contributed by atoms with E-state index in [0.717, 1.165) is 16.9 Å². The number of benzene rings is 2. The molecule has 0 amide bonds. The Balaban J connectivity index is 2.26. The maximum absolute atomic E-state index is 12.3. The highest BCUT2D eigenvalue weighted by Gasteiger charge is 2.15. The first-order valence-electron chi connectivity index (χ1n) is 6.51. The third-order valence-electron chi connectivity index (χ3n) is 3.15. The summed E-state index contributed by atoms with van der Waals surface area (Å²) in [5.74, 6) is 0. The van der Waals surface area contributed by atoms with Gasteiger partial charge in [-0.05, 0) is 54.6 Å². The summed E-state index contributed by atoms with van der Waals surface area (Å²) in [5, 5.41) is 0. The molecular weight excluding hydrogens is 304 g/mol. The number of hydrogen-bond acceptors (Lipinski definition) is 4. The first-order chi connectivity index (χ1) is 9.96. The van der Waals surface area contributed by atoms with Crippen molar-refractivity contribution in [3.8, 4) is 0 Å². The molecule has 3 N–H and O–H groups in total. The lowest BCUT2D eigenvalue weighted by molar-refractivity contribution is 0.601. The zero-order valence-corrected chi connectivity index (χ0v) is 13.6. The van der Waals surface area contributed by atoms with Crippen molar-refractivity contribution in [2.75, 3.05) is 16.7 Å². The zero-order valence-electron chi connectivity index (χ0n) is 12.0. The molecule has 0 bridgehead atoms. The maximum atomic E-state index is 12.3. The summed E-state index contributed by atoms with van der Waals surface area (Å²) < 4.78 is 27.2. The second kappa shape index (κ2) is 6.41. The number of sulfonamides is 1. The summed E-state index contributed by atoms with van der Waals surface area (Å²) in [6.07, 6.45) is 2.74. The van der Waals surface area contributed by atoms with E-state index in [1.54, 1.807) is 36.0 Å². The van der Waals surface area contributed by atoms with Gasteiger partial charge >= 0.3 is 0 Å². The summed E-state index contributed by atoms with van der Waals surface area (Å²) in [7, 11) is -3.62. The molecular formula is C15H18N2O2S2. The predicted molar refractivity (Wildman–Crippen MR) is 89.3 cm³/mol. The zero-order chi connectivity index (χ0) is 15.5. The molecule has 6 heteroatoms. The molecule has 2 aromatic rings. The molecule has 112 valence electrons. The van der Waals surface area contributed by atoms with Crippen LogP contribution in [0.5, 0.6) is 0 Å². The van der Waals surface area contributed by atoms with Crippen LogP contribution in [0.3, 0.4) is 0 Å². The van der Waals surface area contributed by atoms with Gasteiger partial charge in [-0.15, -0.1) is 11.8 Å². The minimum Gasteiger partial charge on any atom is -0.398 e. The molecule has 4 nitrogen and oxygen atoms in total. The second-order valence-electron chi connectivity index (χ2n) is 4.55. The van der Waals surface area contributed by atoms with E-state index in [1.165, 1.54) is 6.07 Å². The molecule has 0 aliphatic carbocycles. The first-order valence-corrected chi connectivity index (χ1v) is 9.22. The van der Waals surface area contributed by atoms with E-state index in [1.807, 2.05) is 25.3 Å². The van der Waals surface area contributed by atoms with Crippen molar-refractivity contribution in [2.45, 2.75) is 23.1 Å². The smallest absolute Gasteiger partial charge is 0.261 e. The molecule has 0 heterocycles. The number of nitrogen functional groups attached to an aromatic ring is 1. The van der Waals surface area contributed by atoms with Gasteiger partial charge in [0, 0.05) is 16.3 Å². The van der Waals surface area contributed by atoms with Gasteiger partial charge in [0.25, 0.3) is 10.0 Å². The SMILES string of the molecule is CCc1ccc(S(=O)(=O)Nc2ccc(SC)cc2)cc1N. The Morgan fingerprint density at radius 2 is 1.81 bits per heavy atom. The Bertz CT molecular complexity index is 726. The molecule has 0 aliphatic rings. The largest absolute Gasteiger partial charge is 0.398 e. The highest BCUT2D eigenvalue weighted by atomic mass is 32.2. The Hall–Kier alpha value is -1.66. The Morgan fingerprint density at radius 1 is 1.14 bits per heavy atom. The number of aryl methyl sites for hydroxylation is 1. The highest BCUT2D eigenvalue weighted by Crippen LogP contribution is 2.23. The van der Waals surface area contributed by atoms with Gasteiger partial charge in [-0.1, -0.05) is 13.0 Å². The standard InChI is InChI=1S/C15H18N2O2S2/c1-3-11-4-9-14(10-15(11)16)21(18,19)17-12-5-7-13(20-2)8-6-12/h4-10,17H,3,16H2,1-2H3. The fourth-order valence-corrected chi connectivity index (χ4v) is 3.44. The van der Waals surface area contributed by atoms with Gasteiger partial charge in [-0.2, -0.15) is 0 Å². The summed E-state index contributed by atoms with van der Waals surface area (Å²) in [5.41, 5.74) is 7.84. The van der Waals surface area contributed by atoms with E-state index in [9.17, 15) is 8.42 Å². The molecule has 0 saturated heterocycles. The van der Waals surface area contributed by atoms with Crippen molar-refractivity contribution in [3.63, 3.8) is 0 Å². The molecule has 2 rings (SSSR count). The molecule has 21 heavy (non-hydrogen) atoms. The summed E-state index contributed by atoms with van der Waals surface area (Å²) in [6, 6.07) is 12.1. The minimum atomic E-state index is -3.62. The monoisotopic (exact) mass is 322 g/mol. The fraction of sp³-hybridized carbons (Fsp3) is 0.200. The number of thioether (sulfide) groups is 1. The van der Waals surface area contributed by atoms with Crippen LogP contribution < -0.4 is 10.5 Å². The van der Waals surface area contributed by atoms with Crippen LogP contribution in [0.4, 0.5) is 11.4 Å². The molecule has 0 unspecified atom stereocenters.